The van der Waals surface area contributed by atoms with Crippen LogP contribution in [0, 0.1) is 5.41 Å². The second kappa shape index (κ2) is 7.73. The largest absolute Gasteiger partial charge is 0.386 e. The van der Waals surface area contributed by atoms with E-state index in [1.54, 1.807) is 14.2 Å². The van der Waals surface area contributed by atoms with Gasteiger partial charge < -0.3 is 15.2 Å². The van der Waals surface area contributed by atoms with Crippen molar-refractivity contribution in [2.24, 2.45) is 5.73 Å². The molecular formula is C9H21N3O2. The first kappa shape index (κ1) is 13.4. The second-order valence-corrected chi connectivity index (χ2v) is 3.15. The zero-order valence-electron chi connectivity index (χ0n) is 9.25. The topological polar surface area (TPSA) is 71.6 Å². The van der Waals surface area contributed by atoms with Gasteiger partial charge in [0.05, 0.1) is 19.3 Å². The lowest BCUT2D eigenvalue weighted by Crippen LogP contribution is -2.45. The van der Waals surface area contributed by atoms with Crippen LogP contribution < -0.4 is 5.73 Å². The molecule has 0 bridgehead atoms. The van der Waals surface area contributed by atoms with Crippen LogP contribution in [0.3, 0.4) is 0 Å². The van der Waals surface area contributed by atoms with Crippen molar-refractivity contribution in [3.05, 3.63) is 0 Å². The SMILES string of the molecule is COCCN(CCOC)C(C)C(=N)N. The summed E-state index contributed by atoms with van der Waals surface area (Å²) in [5.74, 6) is 0.178. The Morgan fingerprint density at radius 2 is 1.71 bits per heavy atom. The molecule has 0 aromatic rings. The molecule has 0 rings (SSSR count). The van der Waals surface area contributed by atoms with Gasteiger partial charge in [0, 0.05) is 27.3 Å². The maximum Gasteiger partial charge on any atom is 0.108 e. The van der Waals surface area contributed by atoms with Crippen LogP contribution in [0.25, 0.3) is 0 Å². The number of rotatable bonds is 8. The Labute approximate surface area is 85.7 Å². The molecule has 0 aliphatic carbocycles. The van der Waals surface area contributed by atoms with Crippen molar-refractivity contribution in [3.8, 4) is 0 Å². The minimum Gasteiger partial charge on any atom is -0.386 e. The number of amidine groups is 1. The number of ether oxygens (including phenoxy) is 2. The highest BCUT2D eigenvalue weighted by molar-refractivity contribution is 5.82. The van der Waals surface area contributed by atoms with Gasteiger partial charge in [0.2, 0.25) is 0 Å². The Morgan fingerprint density at radius 1 is 1.29 bits per heavy atom. The third kappa shape index (κ3) is 5.16. The third-order valence-corrected chi connectivity index (χ3v) is 2.16. The minimum atomic E-state index is -0.0553. The van der Waals surface area contributed by atoms with Gasteiger partial charge in [0.1, 0.15) is 5.84 Å². The first-order valence-corrected chi connectivity index (χ1v) is 4.69. The molecule has 0 aliphatic rings. The number of nitrogens with two attached hydrogens (primary N) is 1. The van der Waals surface area contributed by atoms with Crippen molar-refractivity contribution in [2.45, 2.75) is 13.0 Å². The van der Waals surface area contributed by atoms with E-state index in [-0.39, 0.29) is 11.9 Å². The summed E-state index contributed by atoms with van der Waals surface area (Å²) in [6.07, 6.45) is 0. The van der Waals surface area contributed by atoms with Crippen LogP contribution in [-0.4, -0.2) is 57.3 Å². The monoisotopic (exact) mass is 203 g/mol. The lowest BCUT2D eigenvalue weighted by molar-refractivity contribution is 0.106. The van der Waals surface area contributed by atoms with Crippen molar-refractivity contribution in [1.82, 2.24) is 4.90 Å². The van der Waals surface area contributed by atoms with Crippen LogP contribution in [-0.2, 0) is 9.47 Å². The van der Waals surface area contributed by atoms with Gasteiger partial charge in [-0.1, -0.05) is 0 Å². The summed E-state index contributed by atoms with van der Waals surface area (Å²) >= 11 is 0. The standard InChI is InChI=1S/C9H21N3O2/c1-8(9(10)11)12(4-6-13-2)5-7-14-3/h8H,4-7H2,1-3H3,(H3,10,11). The fourth-order valence-corrected chi connectivity index (χ4v) is 1.11. The fourth-order valence-electron chi connectivity index (χ4n) is 1.11. The van der Waals surface area contributed by atoms with Crippen molar-refractivity contribution >= 4 is 5.84 Å². The first-order valence-electron chi connectivity index (χ1n) is 4.69. The molecule has 0 fully saturated rings. The molecule has 1 unspecified atom stereocenters. The van der Waals surface area contributed by atoms with Gasteiger partial charge in [0.15, 0.2) is 0 Å². The molecule has 5 nitrogen and oxygen atoms in total. The summed E-state index contributed by atoms with van der Waals surface area (Å²) in [5, 5.41) is 7.36. The van der Waals surface area contributed by atoms with E-state index in [9.17, 15) is 0 Å². The van der Waals surface area contributed by atoms with E-state index < -0.39 is 0 Å². The molecule has 0 aromatic carbocycles. The molecule has 0 amide bonds. The molecule has 0 spiro atoms. The average molecular weight is 203 g/mol. The summed E-state index contributed by atoms with van der Waals surface area (Å²) < 4.78 is 9.98. The van der Waals surface area contributed by atoms with Crippen molar-refractivity contribution < 1.29 is 9.47 Å². The zero-order valence-corrected chi connectivity index (χ0v) is 9.25. The van der Waals surface area contributed by atoms with E-state index in [1.807, 2.05) is 6.92 Å². The molecule has 0 heterocycles. The van der Waals surface area contributed by atoms with Crippen LogP contribution in [0.1, 0.15) is 6.92 Å². The van der Waals surface area contributed by atoms with E-state index in [0.29, 0.717) is 13.2 Å². The number of nitrogens with zero attached hydrogens (tertiary/aromatic N) is 1. The van der Waals surface area contributed by atoms with Gasteiger partial charge >= 0.3 is 0 Å². The molecule has 5 heteroatoms. The van der Waals surface area contributed by atoms with Crippen LogP contribution in [0.4, 0.5) is 0 Å². The predicted molar refractivity (Wildman–Crippen MR) is 56.7 cm³/mol. The maximum atomic E-state index is 7.36. The quantitative estimate of drug-likeness (QED) is 0.427. The average Bonchev–Trinajstić information content (AvgIpc) is 2.17. The molecule has 14 heavy (non-hydrogen) atoms. The van der Waals surface area contributed by atoms with E-state index in [0.717, 1.165) is 13.1 Å². The highest BCUT2D eigenvalue weighted by Crippen LogP contribution is 1.98. The number of hydrogen-bond donors (Lipinski definition) is 2. The molecule has 0 aromatic heterocycles. The van der Waals surface area contributed by atoms with Crippen LogP contribution in [0.2, 0.25) is 0 Å². The third-order valence-electron chi connectivity index (χ3n) is 2.16. The molecule has 3 N–H and O–H groups in total. The van der Waals surface area contributed by atoms with Gasteiger partial charge in [-0.25, -0.2) is 0 Å². The van der Waals surface area contributed by atoms with Crippen molar-refractivity contribution in [3.63, 3.8) is 0 Å². The van der Waals surface area contributed by atoms with Crippen molar-refractivity contribution in [1.29, 1.82) is 5.41 Å². The van der Waals surface area contributed by atoms with Gasteiger partial charge in [0.25, 0.3) is 0 Å². The predicted octanol–water partition coefficient (Wildman–Crippen LogP) is -0.0943. The first-order chi connectivity index (χ1) is 6.63. The maximum absolute atomic E-state index is 7.36. The van der Waals surface area contributed by atoms with Crippen LogP contribution in [0.15, 0.2) is 0 Å². The van der Waals surface area contributed by atoms with Gasteiger partial charge in [-0.05, 0) is 6.92 Å². The molecule has 0 saturated carbocycles. The highest BCUT2D eigenvalue weighted by Gasteiger charge is 2.15. The van der Waals surface area contributed by atoms with Gasteiger partial charge in [-0.3, -0.25) is 10.3 Å². The molecular weight excluding hydrogens is 182 g/mol. The summed E-state index contributed by atoms with van der Waals surface area (Å²) in [6.45, 7) is 4.72. The van der Waals surface area contributed by atoms with Crippen LogP contribution in [0.5, 0.6) is 0 Å². The summed E-state index contributed by atoms with van der Waals surface area (Å²) in [5.41, 5.74) is 5.44. The van der Waals surface area contributed by atoms with E-state index in [2.05, 4.69) is 4.90 Å². The van der Waals surface area contributed by atoms with Crippen LogP contribution >= 0.6 is 0 Å². The summed E-state index contributed by atoms with van der Waals surface area (Å²) in [4.78, 5) is 2.06. The zero-order chi connectivity index (χ0) is 11.0. The Bertz CT molecular complexity index is 156. The fraction of sp³-hybridized carbons (Fsp3) is 0.889. The number of hydrogen-bond acceptors (Lipinski definition) is 4. The van der Waals surface area contributed by atoms with E-state index in [4.69, 9.17) is 20.6 Å². The Kier molecular flexibility index (Phi) is 7.37. The van der Waals surface area contributed by atoms with Gasteiger partial charge in [-0.15, -0.1) is 0 Å². The molecule has 0 aliphatic heterocycles. The molecule has 0 saturated heterocycles. The summed E-state index contributed by atoms with van der Waals surface area (Å²) in [7, 11) is 3.32. The Hall–Kier alpha value is -0.650. The van der Waals surface area contributed by atoms with E-state index >= 15 is 0 Å². The lowest BCUT2D eigenvalue weighted by Gasteiger charge is -2.27. The minimum absolute atomic E-state index is 0.0553. The molecule has 0 radical (unpaired) electrons. The van der Waals surface area contributed by atoms with Gasteiger partial charge in [-0.2, -0.15) is 0 Å². The number of nitrogens with one attached hydrogen (secondary N) is 1. The lowest BCUT2D eigenvalue weighted by atomic mass is 10.2. The Balaban J connectivity index is 4.01. The number of methoxy groups -OCH3 is 2. The highest BCUT2D eigenvalue weighted by atomic mass is 16.5. The normalized spacial score (nSPS) is 13.1. The van der Waals surface area contributed by atoms with E-state index in [1.165, 1.54) is 0 Å². The summed E-state index contributed by atoms with van der Waals surface area (Å²) in [6, 6.07) is -0.0553. The Morgan fingerprint density at radius 3 is 2.00 bits per heavy atom. The molecule has 1 atom stereocenters. The smallest absolute Gasteiger partial charge is 0.108 e. The van der Waals surface area contributed by atoms with Crippen molar-refractivity contribution in [2.75, 3.05) is 40.5 Å². The molecule has 84 valence electrons. The second-order valence-electron chi connectivity index (χ2n) is 3.15.